The molecule has 1 aliphatic heterocycles. The predicted octanol–water partition coefficient (Wildman–Crippen LogP) is 4.08. The topological polar surface area (TPSA) is 139 Å². The fourth-order valence-corrected chi connectivity index (χ4v) is 4.31. The Bertz CT molecular complexity index is 1140. The van der Waals surface area contributed by atoms with E-state index in [0.29, 0.717) is 6.42 Å². The Morgan fingerprint density at radius 3 is 2.44 bits per heavy atom. The average Bonchev–Trinajstić information content (AvgIpc) is 2.83. The van der Waals surface area contributed by atoms with Gasteiger partial charge in [-0.2, -0.15) is 0 Å². The summed E-state index contributed by atoms with van der Waals surface area (Å²) in [6.07, 6.45) is -6.59. The third-order valence-corrected chi connectivity index (χ3v) is 6.47. The summed E-state index contributed by atoms with van der Waals surface area (Å²) in [5, 5.41) is 11.0. The van der Waals surface area contributed by atoms with Crippen LogP contribution in [0.1, 0.15) is 46.5 Å². The Morgan fingerprint density at radius 1 is 1.15 bits per heavy atom. The maximum absolute atomic E-state index is 13.6. The van der Waals surface area contributed by atoms with Crippen LogP contribution in [0.3, 0.4) is 0 Å². The van der Waals surface area contributed by atoms with Gasteiger partial charge >= 0.3 is 18.4 Å². The van der Waals surface area contributed by atoms with Crippen LogP contribution < -0.4 is 15.5 Å². The number of amidine groups is 1. The lowest BCUT2D eigenvalue weighted by Gasteiger charge is -2.40. The number of amides is 2. The van der Waals surface area contributed by atoms with Gasteiger partial charge < -0.3 is 19.6 Å². The number of halogens is 5. The monoisotopic (exact) mass is 610 g/mol. The first kappa shape index (κ1) is 32.2. The highest BCUT2D eigenvalue weighted by molar-refractivity contribution is 6.30. The Kier molecular flexibility index (Phi) is 10.3. The van der Waals surface area contributed by atoms with E-state index in [4.69, 9.17) is 31.3 Å². The highest BCUT2D eigenvalue weighted by Gasteiger charge is 2.44. The second kappa shape index (κ2) is 13.1. The Hall–Kier alpha value is -3.33. The van der Waals surface area contributed by atoms with E-state index in [1.54, 1.807) is 20.8 Å². The molecule has 0 radical (unpaired) electrons. The number of benzene rings is 1. The molecule has 2 amide bonds. The van der Waals surface area contributed by atoms with Gasteiger partial charge in [-0.05, 0) is 58.6 Å². The molecule has 1 saturated heterocycles. The fourth-order valence-electron chi connectivity index (χ4n) is 4.20. The second-order valence-electron chi connectivity index (χ2n) is 10.6. The van der Waals surface area contributed by atoms with E-state index in [1.165, 1.54) is 17.0 Å². The number of rotatable bonds is 7. The van der Waals surface area contributed by atoms with Crippen LogP contribution in [0, 0.1) is 17.1 Å². The van der Waals surface area contributed by atoms with Crippen molar-refractivity contribution >= 4 is 35.4 Å². The molecular formula is C25H31ClF4N4O7. The zero-order valence-corrected chi connectivity index (χ0v) is 23.2. The van der Waals surface area contributed by atoms with E-state index in [0.717, 1.165) is 6.07 Å². The lowest BCUT2D eigenvalue weighted by molar-refractivity contribution is -0.353. The smallest absolute Gasteiger partial charge is 0.484 e. The molecule has 0 bridgehead atoms. The van der Waals surface area contributed by atoms with Crippen LogP contribution in [-0.2, 0) is 23.9 Å². The number of carbonyl (C=O) groups excluding carboxylic acids is 3. The summed E-state index contributed by atoms with van der Waals surface area (Å²) in [5.74, 6) is -3.19. The number of alkyl halides is 3. The maximum atomic E-state index is 13.6. The second-order valence-corrected chi connectivity index (χ2v) is 11.1. The zero-order chi connectivity index (χ0) is 30.5. The minimum atomic E-state index is -4.80. The molecule has 0 aromatic heterocycles. The number of hydrogen-bond donors (Lipinski definition) is 3. The molecule has 1 aromatic rings. The first-order chi connectivity index (χ1) is 19.0. The molecule has 3 N–H and O–H groups in total. The van der Waals surface area contributed by atoms with Crippen LogP contribution in [0.25, 0.3) is 0 Å². The lowest BCUT2D eigenvalue weighted by Crippen LogP contribution is -2.59. The molecule has 1 heterocycles. The minimum absolute atomic E-state index is 0.0576. The van der Waals surface area contributed by atoms with Gasteiger partial charge in [0.25, 0.3) is 5.91 Å². The van der Waals surface area contributed by atoms with Gasteiger partial charge in [-0.3, -0.25) is 19.8 Å². The summed E-state index contributed by atoms with van der Waals surface area (Å²) >= 11 is 5.63. The van der Waals surface area contributed by atoms with Crippen LogP contribution in [0.15, 0.2) is 18.2 Å². The van der Waals surface area contributed by atoms with Crippen molar-refractivity contribution in [1.82, 2.24) is 15.7 Å². The van der Waals surface area contributed by atoms with Crippen molar-refractivity contribution in [3.63, 3.8) is 0 Å². The van der Waals surface area contributed by atoms with Crippen LogP contribution in [0.5, 0.6) is 5.75 Å². The van der Waals surface area contributed by atoms with Gasteiger partial charge in [0.2, 0.25) is 0 Å². The molecule has 1 aromatic carbocycles. The summed E-state index contributed by atoms with van der Waals surface area (Å²) in [7, 11) is 0. The van der Waals surface area contributed by atoms with Gasteiger partial charge in [-0.1, -0.05) is 11.6 Å². The van der Waals surface area contributed by atoms with Crippen LogP contribution in [0.2, 0.25) is 5.02 Å². The summed E-state index contributed by atoms with van der Waals surface area (Å²) in [6, 6.07) is 2.26. The Balaban J connectivity index is 1.54. The van der Waals surface area contributed by atoms with Crippen molar-refractivity contribution < 1.29 is 51.0 Å². The number of ether oxygens (including phenoxy) is 3. The number of nitrogens with zero attached hydrogens (tertiary/aromatic N) is 1. The third-order valence-electron chi connectivity index (χ3n) is 6.16. The minimum Gasteiger partial charge on any atom is -0.484 e. The van der Waals surface area contributed by atoms with Crippen LogP contribution >= 0.6 is 11.6 Å². The first-order valence-corrected chi connectivity index (χ1v) is 13.0. The van der Waals surface area contributed by atoms with Crippen molar-refractivity contribution in [3.05, 3.63) is 29.0 Å². The van der Waals surface area contributed by atoms with Crippen molar-refractivity contribution in [2.75, 3.05) is 13.2 Å². The van der Waals surface area contributed by atoms with Gasteiger partial charge in [0.15, 0.2) is 12.4 Å². The molecule has 228 valence electrons. The SMILES string of the molecule is CC(C)(C)OC(=O)N1C[C@@H](NC(=O)COc2ccc(Cl)c(F)c2)CC[C@@H]1C(=N)NOC(=O)C1CC(OC(F)(F)F)C1. The van der Waals surface area contributed by atoms with Gasteiger partial charge in [-0.15, -0.1) is 13.2 Å². The van der Waals surface area contributed by atoms with Crippen molar-refractivity contribution in [3.8, 4) is 5.75 Å². The zero-order valence-electron chi connectivity index (χ0n) is 22.5. The number of nitrogens with one attached hydrogen (secondary N) is 3. The summed E-state index contributed by atoms with van der Waals surface area (Å²) in [6.45, 7) is 4.47. The number of piperidine rings is 1. The summed E-state index contributed by atoms with van der Waals surface area (Å²) in [4.78, 5) is 43.7. The van der Waals surface area contributed by atoms with Crippen molar-refractivity contribution in [1.29, 1.82) is 5.41 Å². The maximum Gasteiger partial charge on any atom is 0.522 e. The van der Waals surface area contributed by atoms with E-state index in [2.05, 4.69) is 15.5 Å². The molecule has 0 unspecified atom stereocenters. The molecule has 3 rings (SSSR count). The standard InChI is InChI=1S/C25H31ClF4N4O7/c1-24(2,3)40-23(37)34-11-14(32-20(35)12-38-15-5-6-17(26)18(27)10-15)4-7-19(34)21(31)33-41-22(36)13-8-16(9-13)39-25(28,29)30/h5-6,10,13-14,16,19H,4,7-9,11-12H2,1-3H3,(H2,31,33)(H,32,35)/t13?,14-,16?,19+/m0/s1. The van der Waals surface area contributed by atoms with E-state index < -0.39 is 66.5 Å². The molecule has 16 heteroatoms. The molecule has 2 fully saturated rings. The van der Waals surface area contributed by atoms with Gasteiger partial charge in [0, 0.05) is 18.7 Å². The van der Waals surface area contributed by atoms with Gasteiger partial charge in [-0.25, -0.2) is 19.5 Å². The third kappa shape index (κ3) is 9.92. The number of likely N-dealkylation sites (tertiary alicyclic amines) is 1. The number of hydrogen-bond acceptors (Lipinski definition) is 8. The predicted molar refractivity (Wildman–Crippen MR) is 135 cm³/mol. The molecule has 2 aliphatic rings. The summed E-state index contributed by atoms with van der Waals surface area (Å²) < 4.78 is 65.0. The molecule has 1 aliphatic carbocycles. The summed E-state index contributed by atoms with van der Waals surface area (Å²) in [5.41, 5.74) is 1.31. The molecule has 2 atom stereocenters. The number of hydroxylamine groups is 1. The van der Waals surface area contributed by atoms with E-state index in [-0.39, 0.29) is 42.4 Å². The largest absolute Gasteiger partial charge is 0.522 e. The van der Waals surface area contributed by atoms with E-state index in [9.17, 15) is 31.9 Å². The highest BCUT2D eigenvalue weighted by Crippen LogP contribution is 2.35. The van der Waals surface area contributed by atoms with Gasteiger partial charge in [0.05, 0.1) is 23.1 Å². The normalized spacial score (nSPS) is 22.7. The first-order valence-electron chi connectivity index (χ1n) is 12.7. The molecular weight excluding hydrogens is 580 g/mol. The molecule has 0 spiro atoms. The van der Waals surface area contributed by atoms with Gasteiger partial charge in [0.1, 0.15) is 17.2 Å². The van der Waals surface area contributed by atoms with Crippen molar-refractivity contribution in [2.24, 2.45) is 5.92 Å². The molecule has 11 nitrogen and oxygen atoms in total. The quantitative estimate of drug-likeness (QED) is 0.182. The average molecular weight is 611 g/mol. The fraction of sp³-hybridized carbons (Fsp3) is 0.600. The Labute approximate surface area is 238 Å². The highest BCUT2D eigenvalue weighted by atomic mass is 35.5. The molecule has 41 heavy (non-hydrogen) atoms. The van der Waals surface area contributed by atoms with E-state index in [1.807, 2.05) is 0 Å². The lowest BCUT2D eigenvalue weighted by atomic mass is 9.82. The number of carbonyl (C=O) groups is 3. The van der Waals surface area contributed by atoms with Crippen molar-refractivity contribution in [2.45, 2.75) is 76.6 Å². The molecule has 1 saturated carbocycles. The van der Waals surface area contributed by atoms with E-state index >= 15 is 0 Å². The van der Waals surface area contributed by atoms with Crippen LogP contribution in [0.4, 0.5) is 22.4 Å². The Morgan fingerprint density at radius 2 is 1.83 bits per heavy atom. The van der Waals surface area contributed by atoms with Crippen LogP contribution in [-0.4, -0.2) is 72.0 Å².